The van der Waals surface area contributed by atoms with Crippen LogP contribution in [0.15, 0.2) is 23.2 Å². The van der Waals surface area contributed by atoms with Crippen molar-refractivity contribution in [3.63, 3.8) is 0 Å². The highest BCUT2D eigenvalue weighted by Crippen LogP contribution is 2.37. The van der Waals surface area contributed by atoms with E-state index in [1.807, 2.05) is 12.1 Å². The molecule has 2 aliphatic rings. The smallest absolute Gasteiger partial charge is 0.113 e. The Balaban J connectivity index is 1.90. The number of nitrogens with zero attached hydrogens (tertiary/aromatic N) is 1. The molecule has 2 nitrogen and oxygen atoms in total. The number of hydrogen-bond donors (Lipinski definition) is 1. The molecular formula is C14H17BN2. The Kier molecular flexibility index (Phi) is 2.59. The number of nitrogens with one attached hydrogen (secondary N) is 1. The third kappa shape index (κ3) is 1.93. The summed E-state index contributed by atoms with van der Waals surface area (Å²) in [5.41, 5.74) is 4.84. The van der Waals surface area contributed by atoms with Gasteiger partial charge < -0.3 is 5.32 Å². The van der Waals surface area contributed by atoms with Gasteiger partial charge in [0, 0.05) is 17.5 Å². The van der Waals surface area contributed by atoms with Gasteiger partial charge in [-0.2, -0.15) is 0 Å². The SMILES string of the molecule is [B]c1ccc2c(c1)N=C(C1(C)CCNCC1)C2. The van der Waals surface area contributed by atoms with Crippen molar-refractivity contribution in [2.45, 2.75) is 26.2 Å². The average molecular weight is 224 g/mol. The number of fused-ring (bicyclic) bond motifs is 1. The van der Waals surface area contributed by atoms with Crippen molar-refractivity contribution in [2.24, 2.45) is 10.4 Å². The van der Waals surface area contributed by atoms with Gasteiger partial charge in [0.15, 0.2) is 0 Å². The minimum Gasteiger partial charge on any atom is -0.317 e. The predicted molar refractivity (Wildman–Crippen MR) is 72.8 cm³/mol. The highest BCUT2D eigenvalue weighted by molar-refractivity contribution is 6.32. The van der Waals surface area contributed by atoms with Gasteiger partial charge in [-0.15, -0.1) is 0 Å². The molecule has 3 rings (SSSR count). The minimum atomic E-state index is 0.277. The molecule has 2 aliphatic heterocycles. The summed E-state index contributed by atoms with van der Waals surface area (Å²) in [6.45, 7) is 4.56. The van der Waals surface area contributed by atoms with Crippen molar-refractivity contribution >= 4 is 24.7 Å². The van der Waals surface area contributed by atoms with Gasteiger partial charge in [0.05, 0.1) is 5.69 Å². The quantitative estimate of drug-likeness (QED) is 0.718. The van der Waals surface area contributed by atoms with Crippen molar-refractivity contribution in [3.05, 3.63) is 23.8 Å². The molecule has 1 N–H and O–H groups in total. The van der Waals surface area contributed by atoms with Gasteiger partial charge in [-0.25, -0.2) is 0 Å². The molecule has 0 unspecified atom stereocenters. The van der Waals surface area contributed by atoms with E-state index in [-0.39, 0.29) is 5.41 Å². The monoisotopic (exact) mass is 224 g/mol. The molecule has 2 heterocycles. The number of hydrogen-bond acceptors (Lipinski definition) is 2. The summed E-state index contributed by atoms with van der Waals surface area (Å²) in [5.74, 6) is 0. The van der Waals surface area contributed by atoms with E-state index < -0.39 is 0 Å². The molecular weight excluding hydrogens is 207 g/mol. The Labute approximate surface area is 104 Å². The van der Waals surface area contributed by atoms with E-state index in [2.05, 4.69) is 18.3 Å². The Morgan fingerprint density at radius 3 is 2.82 bits per heavy atom. The van der Waals surface area contributed by atoms with Gasteiger partial charge in [-0.1, -0.05) is 24.5 Å². The summed E-state index contributed by atoms with van der Waals surface area (Å²) in [7, 11) is 5.81. The standard InChI is InChI=1S/C14H17BN2/c1-14(4-6-16-7-5-14)13-8-10-2-3-11(15)9-12(10)17-13/h2-3,9,16H,4-8H2,1H3. The van der Waals surface area contributed by atoms with Crippen molar-refractivity contribution in [1.82, 2.24) is 5.32 Å². The van der Waals surface area contributed by atoms with Crippen molar-refractivity contribution in [1.29, 1.82) is 0 Å². The summed E-state index contributed by atoms with van der Waals surface area (Å²) < 4.78 is 0. The highest BCUT2D eigenvalue weighted by Gasteiger charge is 2.34. The van der Waals surface area contributed by atoms with Crippen LogP contribution in [0.4, 0.5) is 5.69 Å². The Morgan fingerprint density at radius 1 is 1.29 bits per heavy atom. The first-order valence-electron chi connectivity index (χ1n) is 6.35. The zero-order chi connectivity index (χ0) is 11.9. The van der Waals surface area contributed by atoms with Crippen LogP contribution >= 0.6 is 0 Å². The molecule has 1 aromatic carbocycles. The largest absolute Gasteiger partial charge is 0.317 e. The second-order valence-electron chi connectivity index (χ2n) is 5.43. The summed E-state index contributed by atoms with van der Waals surface area (Å²) >= 11 is 0. The summed E-state index contributed by atoms with van der Waals surface area (Å²) in [6, 6.07) is 6.08. The molecule has 86 valence electrons. The van der Waals surface area contributed by atoms with E-state index in [9.17, 15) is 0 Å². The van der Waals surface area contributed by atoms with Crippen LogP contribution in [0.25, 0.3) is 0 Å². The fourth-order valence-corrected chi connectivity index (χ4v) is 2.82. The molecule has 0 bridgehead atoms. The Bertz CT molecular complexity index is 473. The second-order valence-corrected chi connectivity index (χ2v) is 5.43. The molecule has 1 fully saturated rings. The lowest BCUT2D eigenvalue weighted by atomic mass is 9.75. The number of rotatable bonds is 1. The first-order chi connectivity index (χ1) is 8.17. The second kappa shape index (κ2) is 3.99. The van der Waals surface area contributed by atoms with Gasteiger partial charge in [0.2, 0.25) is 0 Å². The molecule has 3 heteroatoms. The molecule has 0 spiro atoms. The molecule has 0 saturated carbocycles. The molecule has 0 atom stereocenters. The van der Waals surface area contributed by atoms with Gasteiger partial charge >= 0.3 is 0 Å². The fraction of sp³-hybridized carbons (Fsp3) is 0.500. The maximum Gasteiger partial charge on any atom is 0.113 e. The van der Waals surface area contributed by atoms with Crippen LogP contribution in [-0.4, -0.2) is 26.6 Å². The predicted octanol–water partition coefficient (Wildman–Crippen LogP) is 1.50. The average Bonchev–Trinajstić information content (AvgIpc) is 2.73. The van der Waals surface area contributed by atoms with Crippen molar-refractivity contribution in [3.8, 4) is 0 Å². The summed E-state index contributed by atoms with van der Waals surface area (Å²) in [5, 5.41) is 3.42. The van der Waals surface area contributed by atoms with E-state index in [1.165, 1.54) is 24.1 Å². The lowest BCUT2D eigenvalue weighted by Gasteiger charge is -2.34. The van der Waals surface area contributed by atoms with Crippen LogP contribution < -0.4 is 10.8 Å². The maximum absolute atomic E-state index is 5.81. The molecule has 0 amide bonds. The van der Waals surface area contributed by atoms with Crippen molar-refractivity contribution in [2.75, 3.05) is 13.1 Å². The molecule has 0 aliphatic carbocycles. The third-order valence-electron chi connectivity index (χ3n) is 4.13. The van der Waals surface area contributed by atoms with Gasteiger partial charge in [-0.3, -0.25) is 4.99 Å². The first kappa shape index (κ1) is 11.0. The van der Waals surface area contributed by atoms with Gasteiger partial charge in [0.25, 0.3) is 0 Å². The van der Waals surface area contributed by atoms with E-state index >= 15 is 0 Å². The van der Waals surface area contributed by atoms with E-state index in [1.54, 1.807) is 0 Å². The number of benzene rings is 1. The maximum atomic E-state index is 5.81. The van der Waals surface area contributed by atoms with Crippen LogP contribution in [0.3, 0.4) is 0 Å². The normalized spacial score (nSPS) is 22.1. The fourth-order valence-electron chi connectivity index (χ4n) is 2.82. The van der Waals surface area contributed by atoms with E-state index in [4.69, 9.17) is 12.8 Å². The Morgan fingerprint density at radius 2 is 2.06 bits per heavy atom. The summed E-state index contributed by atoms with van der Waals surface area (Å²) in [4.78, 5) is 4.82. The van der Waals surface area contributed by atoms with Crippen LogP contribution in [0, 0.1) is 5.41 Å². The lowest BCUT2D eigenvalue weighted by Crippen LogP contribution is -2.40. The van der Waals surface area contributed by atoms with Crippen LogP contribution in [0.2, 0.25) is 0 Å². The summed E-state index contributed by atoms with van der Waals surface area (Å²) in [6.07, 6.45) is 3.39. The van der Waals surface area contributed by atoms with Crippen LogP contribution in [0.1, 0.15) is 25.3 Å². The highest BCUT2D eigenvalue weighted by atomic mass is 14.9. The molecule has 1 aromatic rings. The number of piperidine rings is 1. The topological polar surface area (TPSA) is 24.4 Å². The molecule has 0 aromatic heterocycles. The van der Waals surface area contributed by atoms with E-state index in [0.717, 1.165) is 30.7 Å². The first-order valence-corrected chi connectivity index (χ1v) is 6.35. The van der Waals surface area contributed by atoms with E-state index in [0.29, 0.717) is 0 Å². The van der Waals surface area contributed by atoms with Crippen molar-refractivity contribution < 1.29 is 0 Å². The van der Waals surface area contributed by atoms with Gasteiger partial charge in [0.1, 0.15) is 7.85 Å². The lowest BCUT2D eigenvalue weighted by molar-refractivity contribution is 0.326. The minimum absolute atomic E-state index is 0.277. The van der Waals surface area contributed by atoms with Crippen LogP contribution in [0.5, 0.6) is 0 Å². The third-order valence-corrected chi connectivity index (χ3v) is 4.13. The zero-order valence-electron chi connectivity index (χ0n) is 10.3. The molecule has 2 radical (unpaired) electrons. The Hall–Kier alpha value is -1.09. The zero-order valence-corrected chi connectivity index (χ0v) is 10.3. The molecule has 1 saturated heterocycles. The molecule has 17 heavy (non-hydrogen) atoms. The van der Waals surface area contributed by atoms with Crippen LogP contribution in [-0.2, 0) is 6.42 Å². The number of aliphatic imine (C=N–C) groups is 1. The van der Waals surface area contributed by atoms with Gasteiger partial charge in [-0.05, 0) is 37.6 Å².